The van der Waals surface area contributed by atoms with Crippen LogP contribution in [0, 0.1) is 10.8 Å². The Labute approximate surface area is 86.2 Å². The molecule has 0 atom stereocenters. The van der Waals surface area contributed by atoms with E-state index in [9.17, 15) is 0 Å². The van der Waals surface area contributed by atoms with Crippen molar-refractivity contribution in [1.82, 2.24) is 9.80 Å². The zero-order valence-corrected chi connectivity index (χ0v) is 9.29. The lowest BCUT2D eigenvalue weighted by atomic mass is 9.62. The van der Waals surface area contributed by atoms with Crippen LogP contribution in [0.1, 0.15) is 13.8 Å². The Kier molecular flexibility index (Phi) is 1.64. The van der Waals surface area contributed by atoms with Gasteiger partial charge in [0, 0.05) is 56.1 Å². The molecule has 0 aromatic carbocycles. The Morgan fingerprint density at radius 3 is 1.64 bits per heavy atom. The minimum atomic E-state index is 0.335. The average molecular weight is 195 g/mol. The first-order valence-electron chi connectivity index (χ1n) is 5.72. The number of piperidine rings is 2. The highest BCUT2D eigenvalue weighted by Crippen LogP contribution is 2.45. The maximum Gasteiger partial charge on any atom is 0.0196 e. The van der Waals surface area contributed by atoms with E-state index < -0.39 is 0 Å². The fraction of sp³-hybridized carbons (Fsp3) is 1.00. The molecule has 0 aliphatic carbocycles. The summed E-state index contributed by atoms with van der Waals surface area (Å²) in [5.41, 5.74) is 7.12. The van der Waals surface area contributed by atoms with Crippen molar-refractivity contribution in [1.29, 1.82) is 0 Å². The molecule has 4 bridgehead atoms. The third-order valence-electron chi connectivity index (χ3n) is 4.57. The molecule has 0 amide bonds. The number of fused-ring (bicyclic) bond motifs is 1. The lowest BCUT2D eigenvalue weighted by molar-refractivity contribution is -0.0589. The van der Waals surface area contributed by atoms with Gasteiger partial charge < -0.3 is 15.5 Å². The third kappa shape index (κ3) is 1.03. The maximum absolute atomic E-state index is 6.45. The Morgan fingerprint density at radius 2 is 1.29 bits per heavy atom. The van der Waals surface area contributed by atoms with Gasteiger partial charge in [0.25, 0.3) is 0 Å². The van der Waals surface area contributed by atoms with Crippen LogP contribution in [0.15, 0.2) is 0 Å². The minimum Gasteiger partial charge on any atom is -0.327 e. The topological polar surface area (TPSA) is 32.5 Å². The van der Waals surface area contributed by atoms with E-state index in [0.29, 0.717) is 16.9 Å². The van der Waals surface area contributed by atoms with Crippen molar-refractivity contribution >= 4 is 0 Å². The monoisotopic (exact) mass is 195 g/mol. The van der Waals surface area contributed by atoms with E-state index in [-0.39, 0.29) is 0 Å². The number of hydrogen-bond donors (Lipinski definition) is 1. The Morgan fingerprint density at radius 1 is 0.929 bits per heavy atom. The van der Waals surface area contributed by atoms with Gasteiger partial charge in [-0.2, -0.15) is 0 Å². The van der Waals surface area contributed by atoms with E-state index in [0.717, 1.165) is 0 Å². The molecule has 0 spiro atoms. The van der Waals surface area contributed by atoms with Crippen LogP contribution in [0.3, 0.4) is 0 Å². The second-order valence-electron chi connectivity index (χ2n) is 6.21. The molecule has 4 heterocycles. The van der Waals surface area contributed by atoms with Crippen molar-refractivity contribution in [2.24, 2.45) is 16.6 Å². The Balaban J connectivity index is 2.05. The predicted molar refractivity (Wildman–Crippen MR) is 57.1 cm³/mol. The Hall–Kier alpha value is -0.120. The first-order valence-corrected chi connectivity index (χ1v) is 5.72. The highest BCUT2D eigenvalue weighted by atomic mass is 15.3. The molecule has 4 aliphatic heterocycles. The number of nitrogens with two attached hydrogens (primary N) is 1. The van der Waals surface area contributed by atoms with Crippen molar-refractivity contribution < 1.29 is 0 Å². The molecule has 0 unspecified atom stereocenters. The van der Waals surface area contributed by atoms with Gasteiger partial charge in [-0.25, -0.2) is 0 Å². The van der Waals surface area contributed by atoms with E-state index in [1.54, 1.807) is 0 Å². The van der Waals surface area contributed by atoms with Crippen LogP contribution in [0.4, 0.5) is 0 Å². The summed E-state index contributed by atoms with van der Waals surface area (Å²) in [7, 11) is 0. The van der Waals surface area contributed by atoms with Gasteiger partial charge in [-0.15, -0.1) is 0 Å². The fourth-order valence-electron chi connectivity index (χ4n) is 4.09. The molecule has 0 aromatic rings. The number of hydrogen-bond acceptors (Lipinski definition) is 3. The van der Waals surface area contributed by atoms with Gasteiger partial charge >= 0.3 is 0 Å². The molecular formula is C11H21N3. The van der Waals surface area contributed by atoms with Crippen molar-refractivity contribution in [3.8, 4) is 0 Å². The maximum atomic E-state index is 6.45. The highest BCUT2D eigenvalue weighted by molar-refractivity contribution is 5.11. The van der Waals surface area contributed by atoms with E-state index in [1.165, 1.54) is 39.3 Å². The van der Waals surface area contributed by atoms with Crippen LogP contribution in [-0.4, -0.2) is 55.1 Å². The molecule has 4 fully saturated rings. The molecule has 14 heavy (non-hydrogen) atoms. The smallest absolute Gasteiger partial charge is 0.0196 e. The van der Waals surface area contributed by atoms with Crippen LogP contribution in [0.25, 0.3) is 0 Å². The van der Waals surface area contributed by atoms with Crippen molar-refractivity contribution in [3.63, 3.8) is 0 Å². The van der Waals surface area contributed by atoms with E-state index in [2.05, 4.69) is 23.6 Å². The van der Waals surface area contributed by atoms with Gasteiger partial charge in [0.1, 0.15) is 0 Å². The van der Waals surface area contributed by atoms with E-state index in [4.69, 9.17) is 5.73 Å². The second-order valence-corrected chi connectivity index (χ2v) is 6.21. The molecule has 3 nitrogen and oxygen atoms in total. The number of rotatable bonds is 0. The molecule has 80 valence electrons. The van der Waals surface area contributed by atoms with Gasteiger partial charge in [0.05, 0.1) is 0 Å². The second kappa shape index (κ2) is 2.52. The van der Waals surface area contributed by atoms with Gasteiger partial charge in [0.15, 0.2) is 0 Å². The zero-order chi connectivity index (χ0) is 9.97. The molecule has 4 saturated heterocycles. The summed E-state index contributed by atoms with van der Waals surface area (Å²) in [6.07, 6.45) is 0. The first kappa shape index (κ1) is 9.13. The van der Waals surface area contributed by atoms with Gasteiger partial charge in [-0.05, 0) is 0 Å². The predicted octanol–water partition coefficient (Wildman–Crippen LogP) is -0.0289. The van der Waals surface area contributed by atoms with Crippen molar-refractivity contribution in [2.75, 3.05) is 39.3 Å². The van der Waals surface area contributed by atoms with Crippen molar-refractivity contribution in [2.45, 2.75) is 19.9 Å². The van der Waals surface area contributed by atoms with Gasteiger partial charge in [0.2, 0.25) is 0 Å². The molecule has 0 aromatic heterocycles. The SMILES string of the molecule is CC12CN3CCN(C1)CC(C)(C3)C2N. The lowest BCUT2D eigenvalue weighted by Crippen LogP contribution is -2.70. The minimum absolute atomic E-state index is 0.335. The molecule has 0 saturated carbocycles. The zero-order valence-electron chi connectivity index (χ0n) is 9.29. The fourth-order valence-corrected chi connectivity index (χ4v) is 4.09. The molecule has 4 aliphatic rings. The molecular weight excluding hydrogens is 174 g/mol. The van der Waals surface area contributed by atoms with Crippen LogP contribution < -0.4 is 5.73 Å². The summed E-state index contributed by atoms with van der Waals surface area (Å²) in [6.45, 7) is 12.1. The lowest BCUT2D eigenvalue weighted by Gasteiger charge is -2.58. The van der Waals surface area contributed by atoms with Gasteiger partial charge in [-0.3, -0.25) is 0 Å². The van der Waals surface area contributed by atoms with Crippen LogP contribution in [0.2, 0.25) is 0 Å². The van der Waals surface area contributed by atoms with Crippen LogP contribution in [-0.2, 0) is 0 Å². The van der Waals surface area contributed by atoms with Crippen LogP contribution in [0.5, 0.6) is 0 Å². The van der Waals surface area contributed by atoms with Gasteiger partial charge in [-0.1, -0.05) is 13.8 Å². The molecule has 4 rings (SSSR count). The summed E-state index contributed by atoms with van der Waals surface area (Å²) in [4.78, 5) is 5.24. The average Bonchev–Trinajstić information content (AvgIpc) is 2.28. The molecule has 3 heteroatoms. The normalized spacial score (nSPS) is 61.5. The Bertz CT molecular complexity index is 225. The van der Waals surface area contributed by atoms with Crippen LogP contribution >= 0.6 is 0 Å². The standard InChI is InChI=1S/C11H21N3/c1-10-5-13-3-4-14(6-10)8-11(2,7-13)9(10)12/h9H,3-8,12H2,1-2H3. The molecule has 0 radical (unpaired) electrons. The summed E-state index contributed by atoms with van der Waals surface area (Å²) < 4.78 is 0. The summed E-state index contributed by atoms with van der Waals surface area (Å²) in [5, 5.41) is 0. The highest BCUT2D eigenvalue weighted by Gasteiger charge is 2.55. The third-order valence-corrected chi connectivity index (χ3v) is 4.57. The van der Waals surface area contributed by atoms with Crippen molar-refractivity contribution in [3.05, 3.63) is 0 Å². The quantitative estimate of drug-likeness (QED) is 0.589. The number of nitrogens with zero attached hydrogens (tertiary/aromatic N) is 2. The largest absolute Gasteiger partial charge is 0.327 e. The summed E-state index contributed by atoms with van der Waals surface area (Å²) >= 11 is 0. The summed E-state index contributed by atoms with van der Waals surface area (Å²) in [5.74, 6) is 0. The summed E-state index contributed by atoms with van der Waals surface area (Å²) in [6, 6.07) is 0.389. The van der Waals surface area contributed by atoms with E-state index in [1.807, 2.05) is 0 Å². The first-order chi connectivity index (χ1) is 6.52. The van der Waals surface area contributed by atoms with E-state index >= 15 is 0 Å². The molecule has 2 N–H and O–H groups in total.